The molecule has 0 aliphatic carbocycles. The predicted molar refractivity (Wildman–Crippen MR) is 245 cm³/mol. The molecule has 0 aliphatic heterocycles. The lowest BCUT2D eigenvalue weighted by Crippen LogP contribution is -2.10. The molecule has 0 aliphatic rings. The van der Waals surface area contributed by atoms with E-state index < -0.39 is 0 Å². The summed E-state index contributed by atoms with van der Waals surface area (Å²) in [5.74, 6) is 0. The van der Waals surface area contributed by atoms with Crippen LogP contribution in [-0.2, 0) is 0 Å². The van der Waals surface area contributed by atoms with Gasteiger partial charge in [0.2, 0.25) is 0 Å². The van der Waals surface area contributed by atoms with Gasteiger partial charge in [0.05, 0.1) is 0 Å². The number of nitrogens with zero attached hydrogens (tertiary/aromatic N) is 1. The van der Waals surface area contributed by atoms with E-state index in [1.807, 2.05) is 0 Å². The Morgan fingerprint density at radius 3 is 1.59 bits per heavy atom. The summed E-state index contributed by atoms with van der Waals surface area (Å²) in [6, 6.07) is 80.7. The molecule has 0 radical (unpaired) electrons. The summed E-state index contributed by atoms with van der Waals surface area (Å²) in [5.41, 5.74) is 14.5. The Morgan fingerprint density at radius 1 is 0.293 bits per heavy atom. The van der Waals surface area contributed by atoms with Crippen LogP contribution in [0.2, 0.25) is 0 Å². The third-order valence-corrected chi connectivity index (χ3v) is 11.4. The van der Waals surface area contributed by atoms with E-state index in [9.17, 15) is 0 Å². The number of furan rings is 1. The molecule has 0 atom stereocenters. The fourth-order valence-electron chi connectivity index (χ4n) is 8.66. The van der Waals surface area contributed by atoms with Gasteiger partial charge in [0, 0.05) is 33.2 Å². The molecule has 1 aromatic heterocycles. The first-order valence-electron chi connectivity index (χ1n) is 19.8. The van der Waals surface area contributed by atoms with Crippen LogP contribution in [0.1, 0.15) is 0 Å². The highest BCUT2D eigenvalue weighted by molar-refractivity contribution is 6.19. The number of anilines is 3. The minimum atomic E-state index is 0.890. The van der Waals surface area contributed by atoms with E-state index in [0.29, 0.717) is 0 Å². The summed E-state index contributed by atoms with van der Waals surface area (Å²) in [4.78, 5) is 2.38. The van der Waals surface area contributed by atoms with Crippen molar-refractivity contribution in [2.45, 2.75) is 0 Å². The Labute approximate surface area is 337 Å². The van der Waals surface area contributed by atoms with Crippen LogP contribution < -0.4 is 4.90 Å². The third kappa shape index (κ3) is 5.91. The van der Waals surface area contributed by atoms with Gasteiger partial charge in [-0.3, -0.25) is 0 Å². The van der Waals surface area contributed by atoms with Crippen LogP contribution in [0.5, 0.6) is 0 Å². The highest BCUT2D eigenvalue weighted by atomic mass is 16.3. The first-order chi connectivity index (χ1) is 28.7. The van der Waals surface area contributed by atoms with E-state index in [1.54, 1.807) is 0 Å². The maximum atomic E-state index is 6.60. The Morgan fingerprint density at radius 2 is 0.828 bits per heavy atom. The van der Waals surface area contributed by atoms with E-state index in [0.717, 1.165) is 55.5 Å². The Hall–Kier alpha value is -7.68. The highest BCUT2D eigenvalue weighted by Gasteiger charge is 2.18. The van der Waals surface area contributed by atoms with Crippen molar-refractivity contribution in [3.8, 4) is 44.5 Å². The van der Waals surface area contributed by atoms with Crippen LogP contribution in [0.25, 0.3) is 88.0 Å². The molecule has 58 heavy (non-hydrogen) atoms. The largest absolute Gasteiger partial charge is 0.455 e. The third-order valence-electron chi connectivity index (χ3n) is 11.4. The summed E-state index contributed by atoms with van der Waals surface area (Å²) in [6.07, 6.45) is 0. The molecule has 10 aromatic carbocycles. The van der Waals surface area contributed by atoms with Crippen molar-refractivity contribution in [2.75, 3.05) is 4.90 Å². The van der Waals surface area contributed by atoms with Crippen molar-refractivity contribution in [3.63, 3.8) is 0 Å². The van der Waals surface area contributed by atoms with Crippen molar-refractivity contribution in [3.05, 3.63) is 224 Å². The van der Waals surface area contributed by atoms with Crippen LogP contribution in [0, 0.1) is 0 Å². The zero-order chi connectivity index (χ0) is 38.4. The first kappa shape index (κ1) is 33.6. The normalized spacial score (nSPS) is 11.4. The molecule has 1 heterocycles. The second kappa shape index (κ2) is 14.1. The zero-order valence-corrected chi connectivity index (χ0v) is 31.7. The molecule has 0 N–H and O–H groups in total. The maximum Gasteiger partial charge on any atom is 0.143 e. The van der Waals surface area contributed by atoms with Gasteiger partial charge in [0.1, 0.15) is 11.2 Å². The minimum Gasteiger partial charge on any atom is -0.455 e. The van der Waals surface area contributed by atoms with Crippen LogP contribution in [-0.4, -0.2) is 0 Å². The molecule has 11 aromatic rings. The van der Waals surface area contributed by atoms with Crippen molar-refractivity contribution < 1.29 is 4.42 Å². The second-order valence-electron chi connectivity index (χ2n) is 14.9. The lowest BCUT2D eigenvalue weighted by molar-refractivity contribution is 0.673. The van der Waals surface area contributed by atoms with E-state index in [2.05, 4.69) is 229 Å². The van der Waals surface area contributed by atoms with Gasteiger partial charge in [-0.1, -0.05) is 170 Å². The van der Waals surface area contributed by atoms with Crippen molar-refractivity contribution in [2.24, 2.45) is 0 Å². The van der Waals surface area contributed by atoms with E-state index in [-0.39, 0.29) is 0 Å². The fourth-order valence-corrected chi connectivity index (χ4v) is 8.66. The maximum absolute atomic E-state index is 6.60. The van der Waals surface area contributed by atoms with Gasteiger partial charge >= 0.3 is 0 Å². The molecule has 0 amide bonds. The molecular formula is C56H37NO. The Bertz CT molecular complexity index is 3280. The van der Waals surface area contributed by atoms with E-state index in [4.69, 9.17) is 4.42 Å². The van der Waals surface area contributed by atoms with Gasteiger partial charge in [-0.05, 0) is 115 Å². The van der Waals surface area contributed by atoms with Gasteiger partial charge in [-0.15, -0.1) is 0 Å². The van der Waals surface area contributed by atoms with Crippen LogP contribution >= 0.6 is 0 Å². The van der Waals surface area contributed by atoms with Gasteiger partial charge in [-0.25, -0.2) is 0 Å². The smallest absolute Gasteiger partial charge is 0.143 e. The molecule has 0 spiro atoms. The number of fused-ring (bicyclic) bond motifs is 6. The fraction of sp³-hybridized carbons (Fsp3) is 0. The summed E-state index contributed by atoms with van der Waals surface area (Å²) < 4.78 is 6.60. The average molecular weight is 740 g/mol. The molecule has 272 valence electrons. The monoisotopic (exact) mass is 739 g/mol. The molecule has 0 saturated carbocycles. The molecule has 0 fully saturated rings. The summed E-state index contributed by atoms with van der Waals surface area (Å²) >= 11 is 0. The summed E-state index contributed by atoms with van der Waals surface area (Å²) in [5, 5.41) is 7.03. The van der Waals surface area contributed by atoms with E-state index in [1.165, 1.54) is 49.5 Å². The Kier molecular flexibility index (Phi) is 8.19. The minimum absolute atomic E-state index is 0.890. The highest BCUT2D eigenvalue weighted by Crippen LogP contribution is 2.43. The lowest BCUT2D eigenvalue weighted by Gasteiger charge is -2.27. The van der Waals surface area contributed by atoms with Crippen LogP contribution in [0.15, 0.2) is 229 Å². The first-order valence-corrected chi connectivity index (χ1v) is 19.8. The van der Waals surface area contributed by atoms with Gasteiger partial charge in [0.25, 0.3) is 0 Å². The quantitative estimate of drug-likeness (QED) is 0.162. The molecule has 0 bridgehead atoms. The molecule has 2 nitrogen and oxygen atoms in total. The average Bonchev–Trinajstić information content (AvgIpc) is 3.70. The van der Waals surface area contributed by atoms with Crippen LogP contribution in [0.3, 0.4) is 0 Å². The van der Waals surface area contributed by atoms with Gasteiger partial charge in [-0.2, -0.15) is 0 Å². The predicted octanol–water partition coefficient (Wildman–Crippen LogP) is 16.0. The molecule has 0 saturated heterocycles. The SMILES string of the molecule is c1ccc(-c2cccc(-c3ccc(N(c4cccc(-c5cccc6ccccc56)c4)c4cccc(-c5cccc6oc7c8ccccc8ccc7c56)c4)cc3)c2)cc1. The standard InChI is InChI=1S/C56H37NO/c1-2-13-38(14-3-1)42-18-8-19-43(35-42)39-29-32-46(33-30-39)57(47-22-9-20-44(36-47)50-26-11-17-40-15-4-6-24-49(40)50)48-23-10-21-45(37-48)51-27-12-28-54-55(51)53-34-31-41-16-5-7-25-52(41)56(53)58-54/h1-37H. The molecule has 2 heteroatoms. The van der Waals surface area contributed by atoms with E-state index >= 15 is 0 Å². The number of hydrogen-bond acceptors (Lipinski definition) is 2. The Balaban J connectivity index is 1.05. The van der Waals surface area contributed by atoms with Gasteiger partial charge in [0.15, 0.2) is 0 Å². The van der Waals surface area contributed by atoms with Crippen molar-refractivity contribution in [1.29, 1.82) is 0 Å². The molecular weight excluding hydrogens is 703 g/mol. The summed E-state index contributed by atoms with van der Waals surface area (Å²) in [7, 11) is 0. The van der Waals surface area contributed by atoms with Crippen molar-refractivity contribution in [1.82, 2.24) is 0 Å². The summed E-state index contributed by atoms with van der Waals surface area (Å²) in [6.45, 7) is 0. The number of rotatable bonds is 7. The number of hydrogen-bond donors (Lipinski definition) is 0. The zero-order valence-electron chi connectivity index (χ0n) is 31.7. The van der Waals surface area contributed by atoms with Crippen molar-refractivity contribution >= 4 is 60.5 Å². The molecule has 0 unspecified atom stereocenters. The molecule has 11 rings (SSSR count). The second-order valence-corrected chi connectivity index (χ2v) is 14.9. The lowest BCUT2D eigenvalue weighted by atomic mass is 9.96. The van der Waals surface area contributed by atoms with Gasteiger partial charge < -0.3 is 9.32 Å². The topological polar surface area (TPSA) is 16.4 Å². The number of benzene rings is 10. The van der Waals surface area contributed by atoms with Crippen LogP contribution in [0.4, 0.5) is 17.1 Å².